The Labute approximate surface area is 214 Å². The van der Waals surface area contributed by atoms with Crippen LogP contribution >= 0.6 is 58.2 Å². The van der Waals surface area contributed by atoms with Crippen LogP contribution in [-0.4, -0.2) is 28.5 Å². The fraction of sp³-hybridized carbons (Fsp3) is 0.0870. The van der Waals surface area contributed by atoms with E-state index in [1.165, 1.54) is 11.8 Å². The highest BCUT2D eigenvalue weighted by atomic mass is 35.5. The van der Waals surface area contributed by atoms with Gasteiger partial charge in [0.25, 0.3) is 5.91 Å². The van der Waals surface area contributed by atoms with Crippen LogP contribution in [0, 0.1) is 6.92 Å². The molecule has 0 unspecified atom stereocenters. The van der Waals surface area contributed by atoms with E-state index in [0.717, 1.165) is 10.5 Å². The molecule has 10 heteroatoms. The van der Waals surface area contributed by atoms with Gasteiger partial charge in [-0.2, -0.15) is 0 Å². The molecule has 0 aliphatic heterocycles. The van der Waals surface area contributed by atoms with Gasteiger partial charge < -0.3 is 10.4 Å². The molecule has 0 aliphatic carbocycles. The van der Waals surface area contributed by atoms with E-state index < -0.39 is 23.0 Å². The number of carboxylic acid groups (broad SMARTS) is 1. The molecule has 5 nitrogen and oxygen atoms in total. The van der Waals surface area contributed by atoms with Crippen molar-refractivity contribution in [3.63, 3.8) is 0 Å². The van der Waals surface area contributed by atoms with Crippen LogP contribution in [0.2, 0.25) is 20.1 Å². The SMILES string of the molecule is Cc1ccc(C(=O)CSc2cccc(NC(=O)c3c(Cl)c(Cl)c(Cl)c(Cl)c3C(=O)O)c2)cc1. The summed E-state index contributed by atoms with van der Waals surface area (Å²) in [5.41, 5.74) is 1.09. The molecule has 3 aromatic rings. The Morgan fingerprint density at radius 3 is 2.09 bits per heavy atom. The number of amides is 1. The van der Waals surface area contributed by atoms with Crippen molar-refractivity contribution in [1.82, 2.24) is 0 Å². The van der Waals surface area contributed by atoms with E-state index in [1.54, 1.807) is 36.4 Å². The molecule has 33 heavy (non-hydrogen) atoms. The number of carbonyl (C=O) groups excluding carboxylic acids is 2. The van der Waals surface area contributed by atoms with E-state index in [1.807, 2.05) is 19.1 Å². The Kier molecular flexibility index (Phi) is 8.32. The lowest BCUT2D eigenvalue weighted by molar-refractivity contribution is 0.0692. The summed E-state index contributed by atoms with van der Waals surface area (Å²) in [4.78, 5) is 37.7. The summed E-state index contributed by atoms with van der Waals surface area (Å²) in [6, 6.07) is 14.0. The second-order valence-corrected chi connectivity index (χ2v) is 9.43. The number of hydrogen-bond acceptors (Lipinski definition) is 4. The minimum absolute atomic E-state index is 0.0298. The Morgan fingerprint density at radius 2 is 1.48 bits per heavy atom. The first-order valence-electron chi connectivity index (χ1n) is 9.33. The van der Waals surface area contributed by atoms with E-state index in [4.69, 9.17) is 46.4 Å². The molecular formula is C23H15Cl4NO4S. The number of carbonyl (C=O) groups is 3. The van der Waals surface area contributed by atoms with Crippen molar-refractivity contribution in [2.45, 2.75) is 11.8 Å². The summed E-state index contributed by atoms with van der Waals surface area (Å²) in [6.07, 6.45) is 0. The number of aromatic carboxylic acids is 1. The molecule has 0 radical (unpaired) electrons. The number of hydrogen-bond donors (Lipinski definition) is 2. The number of thioether (sulfide) groups is 1. The predicted octanol–water partition coefficient (Wildman–Crippen LogP) is 7.53. The summed E-state index contributed by atoms with van der Waals surface area (Å²) in [7, 11) is 0. The van der Waals surface area contributed by atoms with Crippen LogP contribution in [0.1, 0.15) is 36.6 Å². The second kappa shape index (κ2) is 10.8. The van der Waals surface area contributed by atoms with Crippen LogP contribution < -0.4 is 5.32 Å². The van der Waals surface area contributed by atoms with Crippen molar-refractivity contribution in [3.05, 3.63) is 90.9 Å². The highest BCUT2D eigenvalue weighted by molar-refractivity contribution is 8.00. The smallest absolute Gasteiger partial charge is 0.338 e. The first-order chi connectivity index (χ1) is 15.6. The van der Waals surface area contributed by atoms with Gasteiger partial charge in [-0.3, -0.25) is 9.59 Å². The third-order valence-electron chi connectivity index (χ3n) is 4.54. The van der Waals surface area contributed by atoms with Gasteiger partial charge in [0.05, 0.1) is 37.0 Å². The summed E-state index contributed by atoms with van der Waals surface area (Å²) >= 11 is 25.4. The van der Waals surface area contributed by atoms with E-state index >= 15 is 0 Å². The zero-order valence-electron chi connectivity index (χ0n) is 16.9. The first kappa shape index (κ1) is 25.4. The molecule has 3 aromatic carbocycles. The highest BCUT2D eigenvalue weighted by Gasteiger charge is 2.29. The van der Waals surface area contributed by atoms with Crippen molar-refractivity contribution in [3.8, 4) is 0 Å². The normalized spacial score (nSPS) is 10.7. The van der Waals surface area contributed by atoms with Gasteiger partial charge in [0.1, 0.15) is 0 Å². The number of aryl methyl sites for hydroxylation is 1. The molecular weight excluding hydrogens is 528 g/mol. The lowest BCUT2D eigenvalue weighted by Gasteiger charge is -2.14. The highest BCUT2D eigenvalue weighted by Crippen LogP contribution is 2.41. The summed E-state index contributed by atoms with van der Waals surface area (Å²) < 4.78 is 0. The zero-order valence-corrected chi connectivity index (χ0v) is 20.8. The maximum Gasteiger partial charge on any atom is 0.338 e. The van der Waals surface area contributed by atoms with Gasteiger partial charge in [-0.05, 0) is 25.1 Å². The van der Waals surface area contributed by atoms with Crippen LogP contribution in [0.15, 0.2) is 53.4 Å². The van der Waals surface area contributed by atoms with E-state index in [9.17, 15) is 19.5 Å². The Bertz CT molecular complexity index is 1260. The van der Waals surface area contributed by atoms with E-state index in [0.29, 0.717) is 11.3 Å². The number of halogens is 4. The van der Waals surface area contributed by atoms with E-state index in [2.05, 4.69) is 5.32 Å². The van der Waals surface area contributed by atoms with E-state index in [-0.39, 0.29) is 31.6 Å². The summed E-state index contributed by atoms with van der Waals surface area (Å²) in [5, 5.41) is 10.9. The fourth-order valence-electron chi connectivity index (χ4n) is 2.87. The molecule has 0 atom stereocenters. The maximum absolute atomic E-state index is 12.9. The predicted molar refractivity (Wildman–Crippen MR) is 134 cm³/mol. The molecule has 0 saturated carbocycles. The van der Waals surface area contributed by atoms with Crippen LogP contribution in [0.3, 0.4) is 0 Å². The first-order valence-corrected chi connectivity index (χ1v) is 11.8. The average Bonchev–Trinajstić information content (AvgIpc) is 2.78. The van der Waals surface area contributed by atoms with Crippen molar-refractivity contribution >= 4 is 81.5 Å². The third kappa shape index (κ3) is 5.83. The number of Topliss-reactive ketones (excluding diaryl/α,β-unsaturated/α-hetero) is 1. The molecule has 0 aromatic heterocycles. The minimum atomic E-state index is -1.48. The molecule has 0 fully saturated rings. The molecule has 170 valence electrons. The molecule has 0 spiro atoms. The lowest BCUT2D eigenvalue weighted by atomic mass is 10.1. The average molecular weight is 543 g/mol. The quantitative estimate of drug-likeness (QED) is 0.139. The van der Waals surface area contributed by atoms with Gasteiger partial charge in [-0.25, -0.2) is 4.79 Å². The summed E-state index contributed by atoms with van der Waals surface area (Å²) in [5.74, 6) is -2.13. The minimum Gasteiger partial charge on any atom is -0.478 e. The lowest BCUT2D eigenvalue weighted by Crippen LogP contribution is -2.18. The van der Waals surface area contributed by atoms with Gasteiger partial charge >= 0.3 is 5.97 Å². The summed E-state index contributed by atoms with van der Waals surface area (Å²) in [6.45, 7) is 1.95. The molecule has 2 N–H and O–H groups in total. The van der Waals surface area contributed by atoms with Crippen molar-refractivity contribution < 1.29 is 19.5 Å². The third-order valence-corrected chi connectivity index (χ3v) is 7.34. The van der Waals surface area contributed by atoms with Gasteiger partial charge in [-0.15, -0.1) is 11.8 Å². The maximum atomic E-state index is 12.9. The largest absolute Gasteiger partial charge is 0.478 e. The number of rotatable bonds is 7. The Balaban J connectivity index is 1.79. The standard InChI is InChI=1S/C23H15Cl4NO4S/c1-11-5-7-12(8-6-11)15(29)10-33-14-4-2-3-13(9-14)28-22(30)16-17(23(31)32)19(25)21(27)20(26)18(16)24/h2-9H,10H2,1H3,(H,28,30)(H,31,32). The van der Waals surface area contributed by atoms with Gasteiger partial charge in [0, 0.05) is 16.1 Å². The van der Waals surface area contributed by atoms with Crippen molar-refractivity contribution in [1.29, 1.82) is 0 Å². The molecule has 3 rings (SSSR count). The van der Waals surface area contributed by atoms with Crippen LogP contribution in [0.25, 0.3) is 0 Å². The topological polar surface area (TPSA) is 83.5 Å². The van der Waals surface area contributed by atoms with Gasteiger partial charge in [-0.1, -0.05) is 82.3 Å². The van der Waals surface area contributed by atoms with Crippen molar-refractivity contribution in [2.75, 3.05) is 11.1 Å². The Hall–Kier alpha value is -2.22. The number of anilines is 1. The molecule has 1 amide bonds. The second-order valence-electron chi connectivity index (χ2n) is 6.87. The molecule has 0 aliphatic rings. The monoisotopic (exact) mass is 541 g/mol. The molecule has 0 heterocycles. The van der Waals surface area contributed by atoms with Crippen LogP contribution in [-0.2, 0) is 0 Å². The number of carboxylic acids is 1. The van der Waals surface area contributed by atoms with Crippen LogP contribution in [0.4, 0.5) is 5.69 Å². The number of nitrogens with one attached hydrogen (secondary N) is 1. The zero-order chi connectivity index (χ0) is 24.3. The van der Waals surface area contributed by atoms with Crippen LogP contribution in [0.5, 0.6) is 0 Å². The number of ketones is 1. The van der Waals surface area contributed by atoms with Crippen molar-refractivity contribution in [2.24, 2.45) is 0 Å². The van der Waals surface area contributed by atoms with Gasteiger partial charge in [0.15, 0.2) is 5.78 Å². The number of benzene rings is 3. The Morgan fingerprint density at radius 1 is 0.879 bits per heavy atom. The molecule has 0 saturated heterocycles. The molecule has 0 bridgehead atoms. The fourth-order valence-corrected chi connectivity index (χ4v) is 4.74. The van der Waals surface area contributed by atoms with Gasteiger partial charge in [0.2, 0.25) is 0 Å².